The Hall–Kier alpha value is -0.120. The SMILES string of the molecule is CCC(NC(CC)N(C(C)C)C(C)C)N(C(C)C)C(C)C. The molecule has 0 aromatic rings. The van der Waals surface area contributed by atoms with Crippen LogP contribution in [0.4, 0.5) is 0 Å². The highest BCUT2D eigenvalue weighted by atomic mass is 15.4. The van der Waals surface area contributed by atoms with Gasteiger partial charge in [-0.2, -0.15) is 0 Å². The van der Waals surface area contributed by atoms with Crippen molar-refractivity contribution in [3.63, 3.8) is 0 Å². The van der Waals surface area contributed by atoms with Crippen LogP contribution in [0.3, 0.4) is 0 Å². The summed E-state index contributed by atoms with van der Waals surface area (Å²) in [6, 6.07) is 2.25. The van der Waals surface area contributed by atoms with Crippen molar-refractivity contribution in [3.05, 3.63) is 0 Å². The minimum absolute atomic E-state index is 0.440. The van der Waals surface area contributed by atoms with Crippen molar-refractivity contribution in [1.82, 2.24) is 15.1 Å². The second-order valence-electron chi connectivity index (χ2n) is 7.28. The monoisotopic (exact) mass is 299 g/mol. The molecule has 0 heterocycles. The fourth-order valence-corrected chi connectivity index (χ4v) is 3.68. The zero-order chi connectivity index (χ0) is 16.7. The Morgan fingerprint density at radius 3 is 0.952 bits per heavy atom. The van der Waals surface area contributed by atoms with Crippen molar-refractivity contribution in [1.29, 1.82) is 0 Å². The van der Waals surface area contributed by atoms with Crippen molar-refractivity contribution in [2.45, 2.75) is 119 Å². The summed E-state index contributed by atoms with van der Waals surface area (Å²) in [5, 5.41) is 3.93. The van der Waals surface area contributed by atoms with E-state index in [4.69, 9.17) is 0 Å². The van der Waals surface area contributed by atoms with Gasteiger partial charge in [0.2, 0.25) is 0 Å². The van der Waals surface area contributed by atoms with Crippen LogP contribution in [0.25, 0.3) is 0 Å². The summed E-state index contributed by atoms with van der Waals surface area (Å²) in [6.45, 7) is 23.0. The molecule has 21 heavy (non-hydrogen) atoms. The average Bonchev–Trinajstić information content (AvgIpc) is 2.34. The van der Waals surface area contributed by atoms with Crippen LogP contribution in [0.2, 0.25) is 0 Å². The highest BCUT2D eigenvalue weighted by molar-refractivity contribution is 4.81. The molecule has 0 spiro atoms. The minimum Gasteiger partial charge on any atom is -0.286 e. The molecule has 2 atom stereocenters. The molecule has 0 fully saturated rings. The van der Waals surface area contributed by atoms with Gasteiger partial charge in [0.25, 0.3) is 0 Å². The number of nitrogens with zero attached hydrogens (tertiary/aromatic N) is 2. The third kappa shape index (κ3) is 6.25. The minimum atomic E-state index is 0.440. The number of nitrogens with one attached hydrogen (secondary N) is 1. The molecule has 0 aromatic carbocycles. The molecule has 128 valence electrons. The van der Waals surface area contributed by atoms with Crippen LogP contribution < -0.4 is 5.32 Å². The van der Waals surface area contributed by atoms with E-state index < -0.39 is 0 Å². The second-order valence-corrected chi connectivity index (χ2v) is 7.28. The summed E-state index contributed by atoms with van der Waals surface area (Å²) in [5.41, 5.74) is 0. The van der Waals surface area contributed by atoms with Gasteiger partial charge in [-0.15, -0.1) is 0 Å². The first-order chi connectivity index (χ1) is 9.67. The molecule has 1 N–H and O–H groups in total. The lowest BCUT2D eigenvalue weighted by atomic mass is 10.1. The Morgan fingerprint density at radius 1 is 0.571 bits per heavy atom. The smallest absolute Gasteiger partial charge is 0.0610 e. The van der Waals surface area contributed by atoms with Gasteiger partial charge in [0.1, 0.15) is 0 Å². The molecule has 0 saturated heterocycles. The van der Waals surface area contributed by atoms with Crippen LogP contribution in [-0.2, 0) is 0 Å². The van der Waals surface area contributed by atoms with Gasteiger partial charge in [-0.1, -0.05) is 13.8 Å². The van der Waals surface area contributed by atoms with Crippen molar-refractivity contribution in [2.75, 3.05) is 0 Å². The molecule has 0 saturated carbocycles. The predicted octanol–water partition coefficient (Wildman–Crippen LogP) is 4.29. The Balaban J connectivity index is 5.13. The summed E-state index contributed by atoms with van der Waals surface area (Å²) in [4.78, 5) is 5.20. The van der Waals surface area contributed by atoms with Crippen LogP contribution in [-0.4, -0.2) is 46.3 Å². The normalized spacial score (nSPS) is 16.0. The van der Waals surface area contributed by atoms with Crippen LogP contribution in [0.5, 0.6) is 0 Å². The van der Waals surface area contributed by atoms with Gasteiger partial charge in [0, 0.05) is 24.2 Å². The lowest BCUT2D eigenvalue weighted by molar-refractivity contribution is 0.0219. The van der Waals surface area contributed by atoms with Gasteiger partial charge >= 0.3 is 0 Å². The van der Waals surface area contributed by atoms with Crippen LogP contribution in [0.1, 0.15) is 82.1 Å². The Morgan fingerprint density at radius 2 is 0.810 bits per heavy atom. The number of hydrogen-bond donors (Lipinski definition) is 1. The third-order valence-corrected chi connectivity index (χ3v) is 4.26. The van der Waals surface area contributed by atoms with E-state index in [0.29, 0.717) is 36.5 Å². The quantitative estimate of drug-likeness (QED) is 0.607. The topological polar surface area (TPSA) is 18.5 Å². The maximum Gasteiger partial charge on any atom is 0.0610 e. The van der Waals surface area contributed by atoms with E-state index >= 15 is 0 Å². The predicted molar refractivity (Wildman–Crippen MR) is 95.5 cm³/mol. The molecule has 0 bridgehead atoms. The Kier molecular flexibility index (Phi) is 9.75. The second kappa shape index (κ2) is 9.81. The summed E-state index contributed by atoms with van der Waals surface area (Å²) in [6.07, 6.45) is 3.15. The fourth-order valence-electron chi connectivity index (χ4n) is 3.68. The molecule has 3 heteroatoms. The first kappa shape index (κ1) is 20.9. The van der Waals surface area contributed by atoms with Gasteiger partial charge in [-0.3, -0.25) is 15.1 Å². The van der Waals surface area contributed by atoms with E-state index in [1.165, 1.54) is 0 Å². The highest BCUT2D eigenvalue weighted by Crippen LogP contribution is 2.17. The van der Waals surface area contributed by atoms with Crippen LogP contribution in [0.15, 0.2) is 0 Å². The van der Waals surface area contributed by atoms with E-state index in [9.17, 15) is 0 Å². The van der Waals surface area contributed by atoms with Crippen molar-refractivity contribution in [3.8, 4) is 0 Å². The zero-order valence-corrected chi connectivity index (χ0v) is 16.3. The lowest BCUT2D eigenvalue weighted by Crippen LogP contribution is -2.60. The third-order valence-electron chi connectivity index (χ3n) is 4.26. The zero-order valence-electron chi connectivity index (χ0n) is 16.3. The molecule has 0 aromatic heterocycles. The standard InChI is InChI=1S/C18H41N3/c1-11-17(20(13(3)4)14(5)6)19-18(12-2)21(15(7)8)16(9)10/h13-19H,11-12H2,1-10H3. The maximum atomic E-state index is 3.93. The molecule has 0 rings (SSSR count). The molecule has 2 unspecified atom stereocenters. The molecular weight excluding hydrogens is 258 g/mol. The first-order valence-corrected chi connectivity index (χ1v) is 8.98. The van der Waals surface area contributed by atoms with Crippen molar-refractivity contribution >= 4 is 0 Å². The van der Waals surface area contributed by atoms with E-state index in [2.05, 4.69) is 84.4 Å². The van der Waals surface area contributed by atoms with Gasteiger partial charge in [0.05, 0.1) is 12.3 Å². The van der Waals surface area contributed by atoms with E-state index in [-0.39, 0.29) is 0 Å². The first-order valence-electron chi connectivity index (χ1n) is 8.98. The summed E-state index contributed by atoms with van der Waals surface area (Å²) < 4.78 is 0. The molecule has 0 aliphatic carbocycles. The van der Waals surface area contributed by atoms with Crippen LogP contribution >= 0.6 is 0 Å². The molecule has 0 aliphatic heterocycles. The maximum absolute atomic E-state index is 3.93. The molecule has 3 nitrogen and oxygen atoms in total. The number of hydrogen-bond acceptors (Lipinski definition) is 3. The van der Waals surface area contributed by atoms with E-state index in [0.717, 1.165) is 12.8 Å². The van der Waals surface area contributed by atoms with Gasteiger partial charge in [0.15, 0.2) is 0 Å². The van der Waals surface area contributed by atoms with Crippen molar-refractivity contribution in [2.24, 2.45) is 0 Å². The molecular formula is C18H41N3. The summed E-state index contributed by atoms with van der Waals surface area (Å²) in [7, 11) is 0. The number of rotatable bonds is 10. The summed E-state index contributed by atoms with van der Waals surface area (Å²) >= 11 is 0. The van der Waals surface area contributed by atoms with Crippen LogP contribution in [0, 0.1) is 0 Å². The molecule has 0 aliphatic rings. The largest absolute Gasteiger partial charge is 0.286 e. The van der Waals surface area contributed by atoms with E-state index in [1.54, 1.807) is 0 Å². The fraction of sp³-hybridized carbons (Fsp3) is 1.00. The van der Waals surface area contributed by atoms with Gasteiger partial charge in [-0.05, 0) is 68.2 Å². The Bertz CT molecular complexity index is 219. The van der Waals surface area contributed by atoms with E-state index in [1.807, 2.05) is 0 Å². The summed E-state index contributed by atoms with van der Waals surface area (Å²) in [5.74, 6) is 0. The Labute approximate surface area is 134 Å². The lowest BCUT2D eigenvalue weighted by Gasteiger charge is -2.44. The molecule has 0 radical (unpaired) electrons. The highest BCUT2D eigenvalue weighted by Gasteiger charge is 2.28. The van der Waals surface area contributed by atoms with Gasteiger partial charge in [-0.25, -0.2) is 0 Å². The molecule has 0 amide bonds. The van der Waals surface area contributed by atoms with Crippen molar-refractivity contribution < 1.29 is 0 Å². The average molecular weight is 300 g/mol. The van der Waals surface area contributed by atoms with Gasteiger partial charge < -0.3 is 0 Å².